The Labute approximate surface area is 118 Å². The summed E-state index contributed by atoms with van der Waals surface area (Å²) in [6.07, 6.45) is 3.76. The third-order valence-electron chi connectivity index (χ3n) is 5.01. The first kappa shape index (κ1) is 15.2. The summed E-state index contributed by atoms with van der Waals surface area (Å²) in [4.78, 5) is 5.19. The first-order chi connectivity index (χ1) is 9.19. The van der Waals surface area contributed by atoms with E-state index >= 15 is 0 Å². The normalized spacial score (nSPS) is 29.5. The van der Waals surface area contributed by atoms with Crippen molar-refractivity contribution in [2.75, 3.05) is 60.0 Å². The molecule has 112 valence electrons. The molecule has 2 heterocycles. The molecule has 19 heavy (non-hydrogen) atoms. The van der Waals surface area contributed by atoms with Gasteiger partial charge in [0.05, 0.1) is 6.61 Å². The van der Waals surface area contributed by atoms with E-state index in [-0.39, 0.29) is 0 Å². The maximum absolute atomic E-state index is 5.54. The third kappa shape index (κ3) is 3.91. The largest absolute Gasteiger partial charge is 0.384 e. The van der Waals surface area contributed by atoms with Gasteiger partial charge in [-0.2, -0.15) is 0 Å². The monoisotopic (exact) mass is 269 g/mol. The minimum absolute atomic E-state index is 0.383. The molecule has 1 atom stereocenters. The van der Waals surface area contributed by atoms with Gasteiger partial charge in [0.25, 0.3) is 0 Å². The van der Waals surface area contributed by atoms with Crippen molar-refractivity contribution in [3.8, 4) is 0 Å². The molecular weight excluding hydrogens is 238 g/mol. The predicted molar refractivity (Wildman–Crippen MR) is 79.6 cm³/mol. The summed E-state index contributed by atoms with van der Waals surface area (Å²) in [7, 11) is 4.11. The van der Waals surface area contributed by atoms with Crippen LogP contribution in [0.25, 0.3) is 0 Å². The highest BCUT2D eigenvalue weighted by atomic mass is 16.5. The molecule has 0 aromatic carbocycles. The average Bonchev–Trinajstić information content (AvgIpc) is 2.42. The van der Waals surface area contributed by atoms with E-state index in [0.717, 1.165) is 25.7 Å². The minimum atomic E-state index is 0.383. The number of methoxy groups -OCH3 is 1. The van der Waals surface area contributed by atoms with E-state index in [1.807, 2.05) is 7.11 Å². The first-order valence-electron chi connectivity index (χ1n) is 7.81. The highest BCUT2D eigenvalue weighted by molar-refractivity contribution is 4.90. The Morgan fingerprint density at radius 3 is 2.63 bits per heavy atom. The lowest BCUT2D eigenvalue weighted by molar-refractivity contribution is -0.000885. The van der Waals surface area contributed by atoms with Crippen molar-refractivity contribution in [3.05, 3.63) is 0 Å². The SMILES string of the molecule is CCC1CN(CC2(COC)CCNCC2)CCN1C. The van der Waals surface area contributed by atoms with Crippen LogP contribution >= 0.6 is 0 Å². The number of nitrogens with zero attached hydrogens (tertiary/aromatic N) is 2. The number of piperazine rings is 1. The molecule has 2 aliphatic heterocycles. The second-order valence-corrected chi connectivity index (χ2v) is 6.46. The summed E-state index contributed by atoms with van der Waals surface area (Å²) >= 11 is 0. The van der Waals surface area contributed by atoms with Crippen molar-refractivity contribution in [2.45, 2.75) is 32.2 Å². The van der Waals surface area contributed by atoms with Crippen LogP contribution in [0.4, 0.5) is 0 Å². The number of likely N-dealkylation sites (N-methyl/N-ethyl adjacent to an activating group) is 1. The lowest BCUT2D eigenvalue weighted by Gasteiger charge is -2.45. The maximum Gasteiger partial charge on any atom is 0.0531 e. The number of ether oxygens (including phenoxy) is 1. The van der Waals surface area contributed by atoms with Crippen molar-refractivity contribution in [1.82, 2.24) is 15.1 Å². The third-order valence-corrected chi connectivity index (χ3v) is 5.01. The van der Waals surface area contributed by atoms with Crippen LogP contribution in [-0.2, 0) is 4.74 Å². The van der Waals surface area contributed by atoms with Crippen molar-refractivity contribution >= 4 is 0 Å². The second kappa shape index (κ2) is 7.02. The molecule has 0 amide bonds. The molecular formula is C15H31N3O. The number of hydrogen-bond donors (Lipinski definition) is 1. The van der Waals surface area contributed by atoms with Crippen molar-refractivity contribution < 1.29 is 4.74 Å². The van der Waals surface area contributed by atoms with Gasteiger partial charge < -0.3 is 15.0 Å². The fourth-order valence-corrected chi connectivity index (χ4v) is 3.68. The fraction of sp³-hybridized carbons (Fsp3) is 1.00. The molecule has 2 rings (SSSR count). The summed E-state index contributed by atoms with van der Waals surface area (Å²) in [6.45, 7) is 10.4. The quantitative estimate of drug-likeness (QED) is 0.807. The standard InChI is InChI=1S/C15H31N3O/c1-4-14-11-18(10-9-17(14)2)12-15(13-19-3)5-7-16-8-6-15/h14,16H,4-13H2,1-3H3. The second-order valence-electron chi connectivity index (χ2n) is 6.46. The van der Waals surface area contributed by atoms with E-state index in [2.05, 4.69) is 29.1 Å². The summed E-state index contributed by atoms with van der Waals surface area (Å²) in [5.74, 6) is 0. The molecule has 0 aliphatic carbocycles. The van der Waals surface area contributed by atoms with Crippen LogP contribution in [0.2, 0.25) is 0 Å². The van der Waals surface area contributed by atoms with E-state index in [9.17, 15) is 0 Å². The summed E-state index contributed by atoms with van der Waals surface area (Å²) in [5, 5.41) is 3.48. The van der Waals surface area contributed by atoms with E-state index in [0.29, 0.717) is 5.41 Å². The van der Waals surface area contributed by atoms with Crippen LogP contribution in [0.1, 0.15) is 26.2 Å². The fourth-order valence-electron chi connectivity index (χ4n) is 3.68. The van der Waals surface area contributed by atoms with E-state index < -0.39 is 0 Å². The topological polar surface area (TPSA) is 27.7 Å². The highest BCUT2D eigenvalue weighted by Crippen LogP contribution is 2.31. The van der Waals surface area contributed by atoms with Crippen LogP contribution in [-0.4, -0.2) is 75.9 Å². The lowest BCUT2D eigenvalue weighted by atomic mass is 9.79. The van der Waals surface area contributed by atoms with Gasteiger partial charge in [-0.05, 0) is 39.4 Å². The number of rotatable bonds is 5. The van der Waals surface area contributed by atoms with Gasteiger partial charge >= 0.3 is 0 Å². The Kier molecular flexibility index (Phi) is 5.63. The number of hydrogen-bond acceptors (Lipinski definition) is 4. The van der Waals surface area contributed by atoms with Crippen molar-refractivity contribution in [2.24, 2.45) is 5.41 Å². The Bertz CT molecular complexity index is 261. The minimum Gasteiger partial charge on any atom is -0.384 e. The summed E-state index contributed by atoms with van der Waals surface area (Å²) in [6, 6.07) is 0.732. The zero-order valence-corrected chi connectivity index (χ0v) is 13.0. The van der Waals surface area contributed by atoms with Crippen LogP contribution < -0.4 is 5.32 Å². The van der Waals surface area contributed by atoms with Gasteiger partial charge in [-0.1, -0.05) is 6.92 Å². The molecule has 2 aliphatic rings. The van der Waals surface area contributed by atoms with Gasteiger partial charge in [-0.25, -0.2) is 0 Å². The van der Waals surface area contributed by atoms with Gasteiger partial charge in [0, 0.05) is 44.7 Å². The van der Waals surface area contributed by atoms with Crippen molar-refractivity contribution in [3.63, 3.8) is 0 Å². The molecule has 4 heteroatoms. The summed E-state index contributed by atoms with van der Waals surface area (Å²) in [5.41, 5.74) is 0.383. The molecule has 0 radical (unpaired) electrons. The van der Waals surface area contributed by atoms with Gasteiger partial charge in [0.1, 0.15) is 0 Å². The van der Waals surface area contributed by atoms with Crippen LogP contribution in [0.5, 0.6) is 0 Å². The Hall–Kier alpha value is -0.160. The molecule has 0 aromatic heterocycles. The Morgan fingerprint density at radius 1 is 1.26 bits per heavy atom. The molecule has 0 spiro atoms. The van der Waals surface area contributed by atoms with Gasteiger partial charge in [-0.15, -0.1) is 0 Å². The lowest BCUT2D eigenvalue weighted by Crippen LogP contribution is -2.55. The Balaban J connectivity index is 1.93. The number of nitrogens with one attached hydrogen (secondary N) is 1. The average molecular weight is 269 g/mol. The predicted octanol–water partition coefficient (Wildman–Crippen LogP) is 1.03. The first-order valence-corrected chi connectivity index (χ1v) is 7.81. The summed E-state index contributed by atoms with van der Waals surface area (Å²) < 4.78 is 5.54. The molecule has 2 saturated heterocycles. The van der Waals surface area contributed by atoms with Crippen LogP contribution in [0, 0.1) is 5.41 Å². The highest BCUT2D eigenvalue weighted by Gasteiger charge is 2.35. The van der Waals surface area contributed by atoms with Crippen LogP contribution in [0.3, 0.4) is 0 Å². The van der Waals surface area contributed by atoms with E-state index in [1.165, 1.54) is 45.4 Å². The zero-order chi connectivity index (χ0) is 13.7. The van der Waals surface area contributed by atoms with E-state index in [1.54, 1.807) is 0 Å². The molecule has 1 N–H and O–H groups in total. The van der Waals surface area contributed by atoms with Gasteiger partial charge in [0.15, 0.2) is 0 Å². The molecule has 0 bridgehead atoms. The van der Waals surface area contributed by atoms with E-state index in [4.69, 9.17) is 4.74 Å². The molecule has 0 saturated carbocycles. The zero-order valence-electron chi connectivity index (χ0n) is 13.0. The smallest absolute Gasteiger partial charge is 0.0531 e. The molecule has 1 unspecified atom stereocenters. The van der Waals surface area contributed by atoms with Gasteiger partial charge in [0.2, 0.25) is 0 Å². The van der Waals surface area contributed by atoms with Gasteiger partial charge in [-0.3, -0.25) is 4.90 Å². The van der Waals surface area contributed by atoms with Crippen LogP contribution in [0.15, 0.2) is 0 Å². The molecule has 4 nitrogen and oxygen atoms in total. The molecule has 0 aromatic rings. The Morgan fingerprint density at radius 2 is 2.00 bits per heavy atom. The van der Waals surface area contributed by atoms with Crippen molar-refractivity contribution in [1.29, 1.82) is 0 Å². The molecule has 2 fully saturated rings. The maximum atomic E-state index is 5.54. The number of piperidine rings is 1.